The Labute approximate surface area is 148 Å². The highest BCUT2D eigenvalue weighted by Crippen LogP contribution is 2.40. The van der Waals surface area contributed by atoms with Crippen LogP contribution in [0.1, 0.15) is 35.1 Å². The number of benzene rings is 2. The fourth-order valence-electron chi connectivity index (χ4n) is 3.63. The standard InChI is InChI=1S/C20H24N2O3/c1-13-11-15(22(23)24)12-14(2)20(13)25-19-10-9-18(21(3)4)16-7-5-6-8-17(16)19/h9-12H,5-8H2,1-4H3. The number of anilines is 1. The second-order valence-electron chi connectivity index (χ2n) is 6.91. The van der Waals surface area contributed by atoms with Crippen molar-refractivity contribution >= 4 is 11.4 Å². The highest BCUT2D eigenvalue weighted by atomic mass is 16.6. The minimum Gasteiger partial charge on any atom is -0.457 e. The van der Waals surface area contributed by atoms with Gasteiger partial charge in [0.1, 0.15) is 11.5 Å². The Kier molecular flexibility index (Phi) is 4.66. The summed E-state index contributed by atoms with van der Waals surface area (Å²) in [4.78, 5) is 12.8. The molecule has 1 aliphatic rings. The highest BCUT2D eigenvalue weighted by molar-refractivity contribution is 5.62. The van der Waals surface area contributed by atoms with Gasteiger partial charge in [0.25, 0.3) is 5.69 Å². The number of nitro groups is 1. The molecule has 0 aliphatic heterocycles. The van der Waals surface area contributed by atoms with Crippen molar-refractivity contribution in [2.75, 3.05) is 19.0 Å². The molecule has 0 saturated heterocycles. The molecule has 2 aromatic rings. The van der Waals surface area contributed by atoms with Crippen LogP contribution in [0.4, 0.5) is 11.4 Å². The first-order valence-electron chi connectivity index (χ1n) is 8.64. The van der Waals surface area contributed by atoms with E-state index in [0.29, 0.717) is 0 Å². The Morgan fingerprint density at radius 2 is 1.64 bits per heavy atom. The van der Waals surface area contributed by atoms with Crippen LogP contribution in [0.2, 0.25) is 0 Å². The van der Waals surface area contributed by atoms with Crippen LogP contribution in [0.25, 0.3) is 0 Å². The second kappa shape index (κ2) is 6.75. The first-order chi connectivity index (χ1) is 11.9. The third-order valence-corrected chi connectivity index (χ3v) is 4.82. The van der Waals surface area contributed by atoms with Gasteiger partial charge in [-0.25, -0.2) is 0 Å². The van der Waals surface area contributed by atoms with Crippen LogP contribution in [0.3, 0.4) is 0 Å². The van der Waals surface area contributed by atoms with Crippen molar-refractivity contribution in [3.8, 4) is 11.5 Å². The molecule has 3 rings (SSSR count). The van der Waals surface area contributed by atoms with Gasteiger partial charge in [0.15, 0.2) is 0 Å². The number of nitrogens with zero attached hydrogens (tertiary/aromatic N) is 2. The maximum atomic E-state index is 11.0. The van der Waals surface area contributed by atoms with Gasteiger partial charge in [0.05, 0.1) is 4.92 Å². The average Bonchev–Trinajstić information content (AvgIpc) is 2.57. The van der Waals surface area contributed by atoms with E-state index >= 15 is 0 Å². The summed E-state index contributed by atoms with van der Waals surface area (Å²) < 4.78 is 6.27. The van der Waals surface area contributed by atoms with Gasteiger partial charge in [-0.3, -0.25) is 10.1 Å². The molecule has 0 bridgehead atoms. The zero-order valence-electron chi connectivity index (χ0n) is 15.3. The first kappa shape index (κ1) is 17.3. The predicted octanol–water partition coefficient (Wildman–Crippen LogP) is 4.95. The van der Waals surface area contributed by atoms with E-state index in [4.69, 9.17) is 4.74 Å². The SMILES string of the molecule is Cc1cc([N+](=O)[O-])cc(C)c1Oc1ccc(N(C)C)c2c1CCCC2. The Bertz CT molecular complexity index is 805. The van der Waals surface area contributed by atoms with Crippen molar-refractivity contribution in [2.45, 2.75) is 39.5 Å². The maximum Gasteiger partial charge on any atom is 0.270 e. The number of hydrogen-bond donors (Lipinski definition) is 0. The summed E-state index contributed by atoms with van der Waals surface area (Å²) in [7, 11) is 4.13. The molecule has 0 spiro atoms. The third-order valence-electron chi connectivity index (χ3n) is 4.82. The van der Waals surface area contributed by atoms with E-state index in [1.54, 1.807) is 12.1 Å². The van der Waals surface area contributed by atoms with Gasteiger partial charge >= 0.3 is 0 Å². The minimum atomic E-state index is -0.364. The smallest absolute Gasteiger partial charge is 0.270 e. The van der Waals surface area contributed by atoms with Gasteiger partial charge in [-0.2, -0.15) is 0 Å². The summed E-state index contributed by atoms with van der Waals surface area (Å²) >= 11 is 0. The van der Waals surface area contributed by atoms with Crippen LogP contribution in [-0.4, -0.2) is 19.0 Å². The van der Waals surface area contributed by atoms with Crippen LogP contribution >= 0.6 is 0 Å². The van der Waals surface area contributed by atoms with Gasteiger partial charge in [-0.05, 0) is 68.4 Å². The third kappa shape index (κ3) is 3.31. The van der Waals surface area contributed by atoms with E-state index in [1.807, 2.05) is 19.9 Å². The second-order valence-corrected chi connectivity index (χ2v) is 6.91. The van der Waals surface area contributed by atoms with Crippen LogP contribution in [-0.2, 0) is 12.8 Å². The Morgan fingerprint density at radius 1 is 1.04 bits per heavy atom. The summed E-state index contributed by atoms with van der Waals surface area (Å²) in [5.74, 6) is 1.59. The summed E-state index contributed by atoms with van der Waals surface area (Å²) in [5.41, 5.74) is 5.56. The Morgan fingerprint density at radius 3 is 2.20 bits per heavy atom. The van der Waals surface area contributed by atoms with E-state index in [2.05, 4.69) is 25.1 Å². The number of ether oxygens (including phenoxy) is 1. The molecule has 0 atom stereocenters. The first-order valence-corrected chi connectivity index (χ1v) is 8.64. The van der Waals surface area contributed by atoms with E-state index < -0.39 is 0 Å². The van der Waals surface area contributed by atoms with Gasteiger partial charge in [-0.15, -0.1) is 0 Å². The molecule has 1 aliphatic carbocycles. The maximum absolute atomic E-state index is 11.0. The summed E-state index contributed by atoms with van der Waals surface area (Å²) in [6, 6.07) is 7.28. The molecule has 2 aromatic carbocycles. The lowest BCUT2D eigenvalue weighted by Crippen LogP contribution is -2.15. The lowest BCUT2D eigenvalue weighted by molar-refractivity contribution is -0.385. The highest BCUT2D eigenvalue weighted by Gasteiger charge is 2.21. The summed E-state index contributed by atoms with van der Waals surface area (Å²) in [6.45, 7) is 3.71. The lowest BCUT2D eigenvalue weighted by atomic mass is 9.89. The topological polar surface area (TPSA) is 55.6 Å². The van der Waals surface area contributed by atoms with Gasteiger partial charge in [0, 0.05) is 37.5 Å². The zero-order chi connectivity index (χ0) is 18.1. The fraction of sp³-hybridized carbons (Fsp3) is 0.400. The number of fused-ring (bicyclic) bond motifs is 1. The van der Waals surface area contributed by atoms with Crippen LogP contribution in [0.5, 0.6) is 11.5 Å². The molecular weight excluding hydrogens is 316 g/mol. The van der Waals surface area contributed by atoms with Gasteiger partial charge in [-0.1, -0.05) is 0 Å². The Hall–Kier alpha value is -2.56. The number of non-ortho nitro benzene ring substituents is 1. The van der Waals surface area contributed by atoms with Crippen molar-refractivity contribution in [1.82, 2.24) is 0 Å². The van der Waals surface area contributed by atoms with Gasteiger partial charge < -0.3 is 9.64 Å². The molecule has 0 heterocycles. The lowest BCUT2D eigenvalue weighted by Gasteiger charge is -2.26. The van der Waals surface area contributed by atoms with Crippen LogP contribution in [0.15, 0.2) is 24.3 Å². The van der Waals surface area contributed by atoms with Crippen molar-refractivity contribution in [1.29, 1.82) is 0 Å². The average molecular weight is 340 g/mol. The molecule has 25 heavy (non-hydrogen) atoms. The number of nitro benzene ring substituents is 1. The molecule has 0 N–H and O–H groups in total. The van der Waals surface area contributed by atoms with Crippen molar-refractivity contribution in [3.63, 3.8) is 0 Å². The van der Waals surface area contributed by atoms with Crippen LogP contribution < -0.4 is 9.64 Å². The van der Waals surface area contributed by atoms with Crippen LogP contribution in [0, 0.1) is 24.0 Å². The molecule has 5 nitrogen and oxygen atoms in total. The molecule has 0 aromatic heterocycles. The molecule has 132 valence electrons. The largest absolute Gasteiger partial charge is 0.457 e. The van der Waals surface area contributed by atoms with E-state index in [9.17, 15) is 10.1 Å². The molecule has 0 unspecified atom stereocenters. The quantitative estimate of drug-likeness (QED) is 0.584. The van der Waals surface area contributed by atoms with Crippen molar-refractivity contribution < 1.29 is 9.66 Å². The van der Waals surface area contributed by atoms with Gasteiger partial charge in [0.2, 0.25) is 0 Å². The summed E-state index contributed by atoms with van der Waals surface area (Å²) in [5, 5.41) is 11.0. The summed E-state index contributed by atoms with van der Waals surface area (Å²) in [6.07, 6.45) is 4.45. The molecule has 0 fully saturated rings. The zero-order valence-corrected chi connectivity index (χ0v) is 15.3. The fourth-order valence-corrected chi connectivity index (χ4v) is 3.63. The predicted molar refractivity (Wildman–Crippen MR) is 100 cm³/mol. The minimum absolute atomic E-state index is 0.104. The molecule has 0 saturated carbocycles. The molecule has 0 radical (unpaired) electrons. The normalized spacial score (nSPS) is 13.3. The number of aryl methyl sites for hydroxylation is 2. The van der Waals surface area contributed by atoms with E-state index in [0.717, 1.165) is 35.5 Å². The number of rotatable bonds is 4. The molecular formula is C20H24N2O3. The van der Waals surface area contributed by atoms with E-state index in [-0.39, 0.29) is 10.6 Å². The monoisotopic (exact) mass is 340 g/mol. The van der Waals surface area contributed by atoms with Crippen molar-refractivity contribution in [2.24, 2.45) is 0 Å². The number of hydrogen-bond acceptors (Lipinski definition) is 4. The Balaban J connectivity index is 2.03. The van der Waals surface area contributed by atoms with E-state index in [1.165, 1.54) is 29.7 Å². The van der Waals surface area contributed by atoms with Crippen molar-refractivity contribution in [3.05, 3.63) is 56.6 Å². The molecule has 5 heteroatoms. The molecule has 0 amide bonds.